The van der Waals surface area contributed by atoms with E-state index in [1.165, 1.54) is 0 Å². The van der Waals surface area contributed by atoms with Crippen molar-refractivity contribution in [3.63, 3.8) is 0 Å². The van der Waals surface area contributed by atoms with Crippen LogP contribution in [0, 0.1) is 17.2 Å². The maximum atomic E-state index is 13.4. The zero-order valence-electron chi connectivity index (χ0n) is 18.9. The average Bonchev–Trinajstić information content (AvgIpc) is 3.42. The molecule has 174 valence electrons. The zero-order valence-corrected chi connectivity index (χ0v) is 19.8. The minimum atomic E-state index is -3.96. The van der Waals surface area contributed by atoms with Crippen molar-refractivity contribution < 1.29 is 13.2 Å². The molecule has 1 unspecified atom stereocenters. The summed E-state index contributed by atoms with van der Waals surface area (Å²) in [6.07, 6.45) is 5.65. The molecule has 0 radical (unpaired) electrons. The average molecular weight is 468 g/mol. The van der Waals surface area contributed by atoms with Gasteiger partial charge in [0.25, 0.3) is 0 Å². The zero-order chi connectivity index (χ0) is 23.6. The summed E-state index contributed by atoms with van der Waals surface area (Å²) in [6.45, 7) is 3.77. The van der Waals surface area contributed by atoms with Crippen LogP contribution in [0.2, 0.25) is 0 Å². The minimum Gasteiger partial charge on any atom is -0.351 e. The van der Waals surface area contributed by atoms with E-state index in [2.05, 4.69) is 17.7 Å². The smallest absolute Gasteiger partial charge is 0.241 e. The van der Waals surface area contributed by atoms with Crippen molar-refractivity contribution in [3.05, 3.63) is 54.5 Å². The van der Waals surface area contributed by atoms with Crippen LogP contribution < -0.4 is 4.72 Å². The molecule has 1 N–H and O–H groups in total. The summed E-state index contributed by atoms with van der Waals surface area (Å²) >= 11 is 0. The molecule has 1 aromatic carbocycles. The number of nitrogens with one attached hydrogen (secondary N) is 1. The number of carbonyl (C=O) groups is 1. The van der Waals surface area contributed by atoms with Crippen molar-refractivity contribution in [1.82, 2.24) is 18.8 Å². The topological polar surface area (TPSA) is 100 Å². The van der Waals surface area contributed by atoms with Gasteiger partial charge in [-0.2, -0.15) is 9.98 Å². The number of hydrogen-bond donors (Lipinski definition) is 1. The number of fused-ring (bicyclic) bond motifs is 1. The number of rotatable bonds is 7. The molecule has 4 rings (SSSR count). The van der Waals surface area contributed by atoms with Crippen LogP contribution in [-0.2, 0) is 28.4 Å². The summed E-state index contributed by atoms with van der Waals surface area (Å²) in [6, 6.07) is 11.6. The molecule has 1 saturated heterocycles. The fraction of sp³-hybridized carbons (Fsp3) is 0.417. The van der Waals surface area contributed by atoms with Gasteiger partial charge in [-0.15, -0.1) is 0 Å². The first-order chi connectivity index (χ1) is 15.8. The SMILES string of the molecule is CC1CCN(C(=O)C(CCn2cccc2C#N)NS(=O)(=O)c2cccc3c2ccn3C)CC1. The maximum absolute atomic E-state index is 13.4. The largest absolute Gasteiger partial charge is 0.351 e. The Bertz CT molecular complexity index is 1290. The number of aromatic nitrogens is 2. The number of likely N-dealkylation sites (tertiary alicyclic amines) is 1. The molecule has 33 heavy (non-hydrogen) atoms. The van der Waals surface area contributed by atoms with Gasteiger partial charge < -0.3 is 14.0 Å². The van der Waals surface area contributed by atoms with Crippen LogP contribution in [-0.4, -0.2) is 47.5 Å². The second kappa shape index (κ2) is 9.41. The molecular formula is C24H29N5O3S. The lowest BCUT2D eigenvalue weighted by atomic mass is 9.98. The number of hydrogen-bond acceptors (Lipinski definition) is 4. The fourth-order valence-electron chi connectivity index (χ4n) is 4.42. The molecule has 1 aliphatic heterocycles. The Balaban J connectivity index is 1.61. The molecule has 0 bridgehead atoms. The first-order valence-electron chi connectivity index (χ1n) is 11.2. The lowest BCUT2D eigenvalue weighted by Gasteiger charge is -2.33. The van der Waals surface area contributed by atoms with Gasteiger partial charge in [-0.25, -0.2) is 8.42 Å². The van der Waals surface area contributed by atoms with E-state index in [1.807, 2.05) is 23.9 Å². The highest BCUT2D eigenvalue weighted by atomic mass is 32.2. The van der Waals surface area contributed by atoms with Crippen LogP contribution in [0.3, 0.4) is 0 Å². The summed E-state index contributed by atoms with van der Waals surface area (Å²) in [5, 5.41) is 9.90. The molecule has 2 aromatic heterocycles. The molecule has 1 aliphatic rings. The van der Waals surface area contributed by atoms with Gasteiger partial charge in [0.2, 0.25) is 15.9 Å². The number of sulfonamides is 1. The molecule has 1 atom stereocenters. The third kappa shape index (κ3) is 4.82. The number of nitrogens with zero attached hydrogens (tertiary/aromatic N) is 4. The van der Waals surface area contributed by atoms with Gasteiger partial charge in [-0.3, -0.25) is 4.79 Å². The quantitative estimate of drug-likeness (QED) is 0.577. The van der Waals surface area contributed by atoms with Crippen molar-refractivity contribution in [2.45, 2.75) is 43.7 Å². The van der Waals surface area contributed by atoms with E-state index in [1.54, 1.807) is 46.0 Å². The van der Waals surface area contributed by atoms with E-state index in [4.69, 9.17) is 0 Å². The molecule has 0 aliphatic carbocycles. The Kier molecular flexibility index (Phi) is 6.58. The molecule has 3 aromatic rings. The second-order valence-electron chi connectivity index (χ2n) is 8.78. The summed E-state index contributed by atoms with van der Waals surface area (Å²) in [7, 11) is -2.10. The van der Waals surface area contributed by atoms with E-state index in [-0.39, 0.29) is 17.2 Å². The van der Waals surface area contributed by atoms with E-state index in [0.717, 1.165) is 18.4 Å². The Labute approximate surface area is 194 Å². The van der Waals surface area contributed by atoms with Crippen LogP contribution in [0.1, 0.15) is 31.9 Å². The van der Waals surface area contributed by atoms with E-state index < -0.39 is 16.1 Å². The molecule has 3 heterocycles. The van der Waals surface area contributed by atoms with Gasteiger partial charge in [-0.05, 0) is 55.5 Å². The molecule has 1 amide bonds. The Morgan fingerprint density at radius 1 is 1.18 bits per heavy atom. The van der Waals surface area contributed by atoms with E-state index >= 15 is 0 Å². The molecular weight excluding hydrogens is 438 g/mol. The highest BCUT2D eigenvalue weighted by Gasteiger charge is 2.31. The van der Waals surface area contributed by atoms with Gasteiger partial charge in [0.1, 0.15) is 17.8 Å². The number of piperidine rings is 1. The monoisotopic (exact) mass is 467 g/mol. The Hall–Kier alpha value is -3.09. The highest BCUT2D eigenvalue weighted by Crippen LogP contribution is 2.25. The predicted octanol–water partition coefficient (Wildman–Crippen LogP) is 2.85. The van der Waals surface area contributed by atoms with Crippen LogP contribution >= 0.6 is 0 Å². The first-order valence-corrected chi connectivity index (χ1v) is 12.7. The van der Waals surface area contributed by atoms with Gasteiger partial charge in [0.15, 0.2) is 0 Å². The number of benzene rings is 1. The summed E-state index contributed by atoms with van der Waals surface area (Å²) in [5.74, 6) is 0.342. The molecule has 0 saturated carbocycles. The van der Waals surface area contributed by atoms with Gasteiger partial charge in [0, 0.05) is 50.0 Å². The maximum Gasteiger partial charge on any atom is 0.241 e. The predicted molar refractivity (Wildman–Crippen MR) is 126 cm³/mol. The number of nitriles is 1. The second-order valence-corrected chi connectivity index (χ2v) is 10.5. The minimum absolute atomic E-state index is 0.157. The van der Waals surface area contributed by atoms with E-state index in [0.29, 0.717) is 36.6 Å². The Morgan fingerprint density at radius 3 is 2.67 bits per heavy atom. The van der Waals surface area contributed by atoms with E-state index in [9.17, 15) is 18.5 Å². The number of aryl methyl sites for hydroxylation is 2. The van der Waals surface area contributed by atoms with Crippen molar-refractivity contribution in [2.24, 2.45) is 13.0 Å². The van der Waals surface area contributed by atoms with Crippen molar-refractivity contribution in [1.29, 1.82) is 5.26 Å². The summed E-state index contributed by atoms with van der Waals surface area (Å²) in [5.41, 5.74) is 1.28. The lowest BCUT2D eigenvalue weighted by molar-refractivity contribution is -0.134. The van der Waals surface area contributed by atoms with Crippen molar-refractivity contribution >= 4 is 26.8 Å². The van der Waals surface area contributed by atoms with Crippen molar-refractivity contribution in [2.75, 3.05) is 13.1 Å². The standard InChI is InChI=1S/C24H29N5O3S/c1-18-8-14-29(15-9-18)24(30)21(11-16-28-12-4-5-19(28)17-25)26-33(31,32)23-7-3-6-22-20(23)10-13-27(22)2/h3-7,10,12-13,18,21,26H,8-9,11,14-16H2,1-2H3. The molecule has 8 nitrogen and oxygen atoms in total. The highest BCUT2D eigenvalue weighted by molar-refractivity contribution is 7.89. The van der Waals surface area contributed by atoms with Crippen LogP contribution in [0.25, 0.3) is 10.9 Å². The first kappa shape index (κ1) is 23.1. The van der Waals surface area contributed by atoms with Crippen LogP contribution in [0.15, 0.2) is 53.7 Å². The molecule has 1 fully saturated rings. The fourth-order valence-corrected chi connectivity index (χ4v) is 5.86. The van der Waals surface area contributed by atoms with Crippen molar-refractivity contribution in [3.8, 4) is 6.07 Å². The number of carbonyl (C=O) groups excluding carboxylic acids is 1. The van der Waals surface area contributed by atoms with Crippen LogP contribution in [0.4, 0.5) is 0 Å². The molecule has 9 heteroatoms. The normalized spacial score (nSPS) is 16.1. The molecule has 0 spiro atoms. The third-order valence-corrected chi connectivity index (χ3v) is 8.00. The summed E-state index contributed by atoms with van der Waals surface area (Å²) < 4.78 is 33.2. The van der Waals surface area contributed by atoms with Gasteiger partial charge >= 0.3 is 0 Å². The number of amides is 1. The van der Waals surface area contributed by atoms with Gasteiger partial charge in [0.05, 0.1) is 4.90 Å². The van der Waals surface area contributed by atoms with Crippen LogP contribution in [0.5, 0.6) is 0 Å². The summed E-state index contributed by atoms with van der Waals surface area (Å²) in [4.78, 5) is 15.3. The lowest BCUT2D eigenvalue weighted by Crippen LogP contribution is -2.50. The third-order valence-electron chi connectivity index (χ3n) is 6.47. The van der Waals surface area contributed by atoms with Gasteiger partial charge in [-0.1, -0.05) is 13.0 Å². The Morgan fingerprint density at radius 2 is 1.94 bits per heavy atom.